The van der Waals surface area contributed by atoms with E-state index in [-0.39, 0.29) is 17.1 Å². The van der Waals surface area contributed by atoms with Crippen LogP contribution in [0.5, 0.6) is 0 Å². The van der Waals surface area contributed by atoms with Gasteiger partial charge in [0.05, 0.1) is 0 Å². The van der Waals surface area contributed by atoms with Gasteiger partial charge in [0.1, 0.15) is 5.25 Å². The minimum absolute atomic E-state index is 0.127. The van der Waals surface area contributed by atoms with Crippen molar-refractivity contribution in [2.24, 2.45) is 0 Å². The van der Waals surface area contributed by atoms with E-state index in [1.807, 2.05) is 48.5 Å². The van der Waals surface area contributed by atoms with Crippen molar-refractivity contribution < 1.29 is 14.3 Å². The largest absolute Gasteiger partial charge is 0.452 e. The summed E-state index contributed by atoms with van der Waals surface area (Å²) in [4.78, 5) is 30.1. The number of amides is 1. The maximum atomic E-state index is 12.7. The first-order valence-electron chi connectivity index (χ1n) is 9.55. The first kappa shape index (κ1) is 20.3. The summed E-state index contributed by atoms with van der Waals surface area (Å²) in [6, 6.07) is 19.9. The molecule has 1 amide bonds. The molecule has 1 aliphatic heterocycles. The number of hydrogen-bond donors (Lipinski definition) is 0. The van der Waals surface area contributed by atoms with E-state index in [0.29, 0.717) is 13.1 Å². The van der Waals surface area contributed by atoms with Crippen molar-refractivity contribution in [2.75, 3.05) is 31.1 Å². The Morgan fingerprint density at radius 3 is 2.07 bits per heavy atom. The van der Waals surface area contributed by atoms with Crippen LogP contribution in [-0.2, 0) is 14.3 Å². The quantitative estimate of drug-likeness (QED) is 0.551. The summed E-state index contributed by atoms with van der Waals surface area (Å²) < 4.78 is 5.45. The molecule has 2 aromatic carbocycles. The topological polar surface area (TPSA) is 49.9 Å². The SMILES string of the molecule is C[C@H](OC(=O)[C@@H](C)Sc1ccccc1)C(=O)N1CCN(c2ccccc2)CC1. The van der Waals surface area contributed by atoms with Gasteiger partial charge < -0.3 is 14.5 Å². The highest BCUT2D eigenvalue weighted by Crippen LogP contribution is 2.24. The first-order valence-corrected chi connectivity index (χ1v) is 10.4. The third kappa shape index (κ3) is 5.29. The van der Waals surface area contributed by atoms with Gasteiger partial charge in [-0.15, -0.1) is 11.8 Å². The van der Waals surface area contributed by atoms with Crippen LogP contribution in [-0.4, -0.2) is 54.3 Å². The summed E-state index contributed by atoms with van der Waals surface area (Å²) in [5, 5.41) is -0.368. The van der Waals surface area contributed by atoms with Crippen LogP contribution in [0, 0.1) is 0 Å². The van der Waals surface area contributed by atoms with Crippen molar-refractivity contribution in [1.29, 1.82) is 0 Å². The second-order valence-electron chi connectivity index (χ2n) is 6.80. The molecule has 2 atom stereocenters. The summed E-state index contributed by atoms with van der Waals surface area (Å²) in [5.74, 6) is -0.490. The van der Waals surface area contributed by atoms with Crippen LogP contribution in [0.4, 0.5) is 5.69 Å². The van der Waals surface area contributed by atoms with Crippen LogP contribution in [0.15, 0.2) is 65.6 Å². The van der Waals surface area contributed by atoms with Crippen LogP contribution in [0.1, 0.15) is 13.8 Å². The van der Waals surface area contributed by atoms with Gasteiger partial charge in [-0.1, -0.05) is 36.4 Å². The number of anilines is 1. The number of esters is 1. The number of rotatable bonds is 6. The maximum Gasteiger partial charge on any atom is 0.319 e. The molecule has 0 N–H and O–H groups in total. The van der Waals surface area contributed by atoms with E-state index in [1.54, 1.807) is 18.7 Å². The van der Waals surface area contributed by atoms with Gasteiger partial charge in [0, 0.05) is 36.8 Å². The van der Waals surface area contributed by atoms with Gasteiger partial charge in [0.2, 0.25) is 0 Å². The summed E-state index contributed by atoms with van der Waals surface area (Å²) in [6.45, 7) is 6.26. The number of para-hydroxylation sites is 1. The zero-order valence-electron chi connectivity index (χ0n) is 16.3. The van der Waals surface area contributed by atoms with Gasteiger partial charge in [-0.2, -0.15) is 0 Å². The molecule has 148 valence electrons. The number of nitrogens with zero attached hydrogens (tertiary/aromatic N) is 2. The molecule has 0 radical (unpaired) electrons. The normalized spacial score (nSPS) is 16.4. The monoisotopic (exact) mass is 398 g/mol. The van der Waals surface area contributed by atoms with Gasteiger partial charge in [-0.05, 0) is 38.1 Å². The highest BCUT2D eigenvalue weighted by Gasteiger charge is 2.28. The van der Waals surface area contributed by atoms with Crippen LogP contribution in [0.2, 0.25) is 0 Å². The Labute approximate surface area is 170 Å². The van der Waals surface area contributed by atoms with Gasteiger partial charge in [0.15, 0.2) is 6.10 Å². The Balaban J connectivity index is 1.47. The molecule has 3 rings (SSSR count). The zero-order valence-corrected chi connectivity index (χ0v) is 17.1. The van der Waals surface area contributed by atoms with E-state index < -0.39 is 6.10 Å². The standard InChI is InChI=1S/C22H26N2O3S/c1-17(27-22(26)18(2)28-20-11-7-4-8-12-20)21(25)24-15-13-23(14-16-24)19-9-5-3-6-10-19/h3-12,17-18H,13-16H2,1-2H3/t17-,18+/m0/s1. The molecule has 1 aliphatic rings. The van der Waals surface area contributed by atoms with Gasteiger partial charge in [-0.25, -0.2) is 0 Å². The fourth-order valence-electron chi connectivity index (χ4n) is 3.15. The van der Waals surface area contributed by atoms with Crippen molar-refractivity contribution >= 4 is 29.3 Å². The molecular formula is C22H26N2O3S. The Hall–Kier alpha value is -2.47. The lowest BCUT2D eigenvalue weighted by molar-refractivity contribution is -0.158. The lowest BCUT2D eigenvalue weighted by atomic mass is 10.2. The fourth-order valence-corrected chi connectivity index (χ4v) is 4.03. The summed E-state index contributed by atoms with van der Waals surface area (Å²) in [7, 11) is 0. The molecule has 0 aromatic heterocycles. The van der Waals surface area contributed by atoms with E-state index in [4.69, 9.17) is 4.74 Å². The third-order valence-corrected chi connectivity index (χ3v) is 5.83. The van der Waals surface area contributed by atoms with Crippen molar-refractivity contribution in [2.45, 2.75) is 30.1 Å². The van der Waals surface area contributed by atoms with Crippen molar-refractivity contribution in [1.82, 2.24) is 4.90 Å². The molecule has 1 heterocycles. The number of ether oxygens (including phenoxy) is 1. The number of thioether (sulfide) groups is 1. The highest BCUT2D eigenvalue weighted by atomic mass is 32.2. The number of carbonyl (C=O) groups is 2. The van der Waals surface area contributed by atoms with Gasteiger partial charge in [-0.3, -0.25) is 9.59 Å². The van der Waals surface area contributed by atoms with Crippen molar-refractivity contribution in [3.8, 4) is 0 Å². The zero-order chi connectivity index (χ0) is 19.9. The van der Waals surface area contributed by atoms with Crippen LogP contribution >= 0.6 is 11.8 Å². The number of carbonyl (C=O) groups excluding carboxylic acids is 2. The van der Waals surface area contributed by atoms with E-state index in [9.17, 15) is 9.59 Å². The van der Waals surface area contributed by atoms with Gasteiger partial charge >= 0.3 is 5.97 Å². The van der Waals surface area contributed by atoms with E-state index in [2.05, 4.69) is 17.0 Å². The van der Waals surface area contributed by atoms with Crippen LogP contribution in [0.3, 0.4) is 0 Å². The van der Waals surface area contributed by atoms with Crippen LogP contribution in [0.25, 0.3) is 0 Å². The van der Waals surface area contributed by atoms with E-state index >= 15 is 0 Å². The smallest absolute Gasteiger partial charge is 0.319 e. The van der Waals surface area contributed by atoms with E-state index in [0.717, 1.165) is 18.0 Å². The fraction of sp³-hybridized carbons (Fsp3) is 0.364. The molecule has 0 spiro atoms. The minimum atomic E-state index is -0.769. The molecule has 0 saturated carbocycles. The van der Waals surface area contributed by atoms with Crippen molar-refractivity contribution in [3.05, 3.63) is 60.7 Å². The maximum absolute atomic E-state index is 12.7. The second kappa shape index (κ2) is 9.64. The molecule has 5 nitrogen and oxygen atoms in total. The lowest BCUT2D eigenvalue weighted by Gasteiger charge is -2.37. The number of benzene rings is 2. The van der Waals surface area contributed by atoms with Crippen molar-refractivity contribution in [3.63, 3.8) is 0 Å². The molecule has 28 heavy (non-hydrogen) atoms. The molecule has 1 saturated heterocycles. The van der Waals surface area contributed by atoms with Crippen LogP contribution < -0.4 is 4.90 Å². The first-order chi connectivity index (χ1) is 13.5. The third-order valence-electron chi connectivity index (χ3n) is 4.74. The molecule has 0 aliphatic carbocycles. The molecule has 6 heteroatoms. The Morgan fingerprint density at radius 1 is 0.893 bits per heavy atom. The van der Waals surface area contributed by atoms with E-state index in [1.165, 1.54) is 17.4 Å². The minimum Gasteiger partial charge on any atom is -0.452 e. The molecule has 0 bridgehead atoms. The molecule has 1 fully saturated rings. The molecular weight excluding hydrogens is 372 g/mol. The highest BCUT2D eigenvalue weighted by molar-refractivity contribution is 8.00. The number of piperazine rings is 1. The lowest BCUT2D eigenvalue weighted by Crippen LogP contribution is -2.51. The predicted octanol–water partition coefficient (Wildman–Crippen LogP) is 3.45. The average molecular weight is 399 g/mol. The summed E-state index contributed by atoms with van der Waals surface area (Å²) in [5.41, 5.74) is 1.17. The summed E-state index contributed by atoms with van der Waals surface area (Å²) >= 11 is 1.43. The Bertz CT molecular complexity index is 777. The predicted molar refractivity (Wildman–Crippen MR) is 113 cm³/mol. The summed E-state index contributed by atoms with van der Waals surface area (Å²) in [6.07, 6.45) is -0.769. The Morgan fingerprint density at radius 2 is 1.46 bits per heavy atom. The van der Waals surface area contributed by atoms with Gasteiger partial charge in [0.25, 0.3) is 5.91 Å². The Kier molecular flexibility index (Phi) is 6.98. The second-order valence-corrected chi connectivity index (χ2v) is 8.21. The average Bonchev–Trinajstić information content (AvgIpc) is 2.74. The number of hydrogen-bond acceptors (Lipinski definition) is 5. The molecule has 0 unspecified atom stereocenters. The molecule has 2 aromatic rings.